The van der Waals surface area contributed by atoms with E-state index in [2.05, 4.69) is 20.9 Å². The van der Waals surface area contributed by atoms with Gasteiger partial charge in [-0.25, -0.2) is 4.48 Å². The van der Waals surface area contributed by atoms with Crippen LogP contribution in [0, 0.1) is 0 Å². The number of hydrogen-bond acceptors (Lipinski definition) is 11. The molecular weight excluding hydrogens is 781 g/mol. The Balaban J connectivity index is 1.93. The summed E-state index contributed by atoms with van der Waals surface area (Å²) in [5.41, 5.74) is 18.7. The Kier molecular flexibility index (Phi) is 20.6. The lowest BCUT2D eigenvalue weighted by atomic mass is 10.0. The molecule has 16 heteroatoms. The number of unbranched alkanes of at least 4 members (excludes halogenated alkanes) is 4. The molecule has 0 saturated carbocycles. The van der Waals surface area contributed by atoms with Crippen molar-refractivity contribution >= 4 is 29.8 Å². The first-order chi connectivity index (χ1) is 29.0. The molecule has 0 spiro atoms. The number of nitrogens with zero attached hydrogens (tertiary/aromatic N) is 2. The van der Waals surface area contributed by atoms with Gasteiger partial charge in [0.2, 0.25) is 11.8 Å². The van der Waals surface area contributed by atoms with Gasteiger partial charge >= 0.3 is 6.09 Å². The normalized spacial score (nSPS) is 13.9. The number of aliphatic hydroxyl groups is 1. The molecule has 334 valence electrons. The molecule has 0 heterocycles. The average molecular weight is 848 g/mol. The molecule has 0 bridgehead atoms. The first kappa shape index (κ1) is 49.8. The fourth-order valence-electron chi connectivity index (χ4n) is 6.98. The zero-order chi connectivity index (χ0) is 44.8. The van der Waals surface area contributed by atoms with Gasteiger partial charge in [-0.15, -0.1) is 0 Å². The summed E-state index contributed by atoms with van der Waals surface area (Å²) in [6.45, 7) is 6.43. The summed E-state index contributed by atoms with van der Waals surface area (Å²) < 4.78 is 5.41. The molecule has 0 aliphatic heterocycles. The minimum atomic E-state index is -1.29. The number of carbonyl (C=O) groups excluding carboxylic acids is 4. The number of rotatable bonds is 25. The van der Waals surface area contributed by atoms with E-state index in [1.807, 2.05) is 30.3 Å². The number of guanidine groups is 1. The van der Waals surface area contributed by atoms with Gasteiger partial charge in [-0.05, 0) is 107 Å². The van der Waals surface area contributed by atoms with E-state index in [9.17, 15) is 34.5 Å². The first-order valence-electron chi connectivity index (χ1n) is 21.0. The molecule has 12 N–H and O–H groups in total. The number of imide groups is 1. The highest BCUT2D eigenvalue weighted by atomic mass is 16.6. The molecule has 61 heavy (non-hydrogen) atoms. The predicted molar refractivity (Wildman–Crippen MR) is 235 cm³/mol. The molecule has 4 atom stereocenters. The highest BCUT2D eigenvalue weighted by Crippen LogP contribution is 2.27. The zero-order valence-electron chi connectivity index (χ0n) is 35.9. The summed E-state index contributed by atoms with van der Waals surface area (Å²) in [5.74, 6) is -2.17. The van der Waals surface area contributed by atoms with Crippen LogP contribution in [0.15, 0.2) is 83.9 Å². The number of amides is 4. The maximum Gasteiger partial charge on any atom is 0.517 e. The lowest BCUT2D eigenvalue weighted by Crippen LogP contribution is -2.67. The number of benzene rings is 3. The van der Waals surface area contributed by atoms with Crippen molar-refractivity contribution < 1.29 is 43.7 Å². The van der Waals surface area contributed by atoms with E-state index in [1.54, 1.807) is 45.0 Å². The largest absolute Gasteiger partial charge is 0.517 e. The van der Waals surface area contributed by atoms with Crippen LogP contribution in [0.4, 0.5) is 4.79 Å². The van der Waals surface area contributed by atoms with Crippen LogP contribution in [-0.2, 0) is 38.5 Å². The fraction of sp³-hybridized carbons (Fsp3) is 0.489. The third-order valence-corrected chi connectivity index (χ3v) is 10.2. The summed E-state index contributed by atoms with van der Waals surface area (Å²) in [4.78, 5) is 60.9. The monoisotopic (exact) mass is 848 g/mol. The van der Waals surface area contributed by atoms with Gasteiger partial charge in [0, 0.05) is 25.9 Å². The number of aliphatic hydroxyl groups excluding tert-OH is 1. The maximum atomic E-state index is 14.7. The Labute approximate surface area is 359 Å². The van der Waals surface area contributed by atoms with Gasteiger partial charge in [-0.3, -0.25) is 24.7 Å². The smallest absolute Gasteiger partial charge is 0.508 e. The summed E-state index contributed by atoms with van der Waals surface area (Å²) in [6, 6.07) is 18.7. The number of ether oxygens (including phenoxy) is 1. The van der Waals surface area contributed by atoms with Gasteiger partial charge in [0.15, 0.2) is 12.0 Å². The summed E-state index contributed by atoms with van der Waals surface area (Å²) >= 11 is 0. The lowest BCUT2D eigenvalue weighted by molar-refractivity contribution is -0.875. The van der Waals surface area contributed by atoms with Crippen molar-refractivity contribution in [1.82, 2.24) is 16.0 Å². The van der Waals surface area contributed by atoms with E-state index < -0.39 is 58.6 Å². The molecule has 3 aromatic carbocycles. The van der Waals surface area contributed by atoms with E-state index >= 15 is 0 Å². The van der Waals surface area contributed by atoms with E-state index in [4.69, 9.17) is 21.9 Å². The van der Waals surface area contributed by atoms with Crippen molar-refractivity contribution in [2.24, 2.45) is 22.2 Å². The van der Waals surface area contributed by atoms with Crippen LogP contribution >= 0.6 is 0 Å². The summed E-state index contributed by atoms with van der Waals surface area (Å²) in [6.07, 6.45) is 3.22. The first-order valence-corrected chi connectivity index (χ1v) is 21.0. The number of phenols is 2. The number of aromatic hydroxyl groups is 2. The number of aliphatic imine (C=N–C) groups is 1. The predicted octanol–water partition coefficient (Wildman–Crippen LogP) is 3.24. The number of nitrogens with two attached hydrogens (primary N) is 3. The van der Waals surface area contributed by atoms with E-state index in [1.165, 1.54) is 24.3 Å². The van der Waals surface area contributed by atoms with Gasteiger partial charge in [0.1, 0.15) is 29.7 Å². The van der Waals surface area contributed by atoms with Crippen molar-refractivity contribution in [2.75, 3.05) is 32.8 Å². The van der Waals surface area contributed by atoms with Crippen LogP contribution in [0.3, 0.4) is 0 Å². The third kappa shape index (κ3) is 17.9. The van der Waals surface area contributed by atoms with Gasteiger partial charge in [0.25, 0.3) is 5.91 Å². The second-order valence-corrected chi connectivity index (χ2v) is 16.3. The number of phenolic OH excluding ortho intramolecular Hbond substituents is 2. The molecule has 0 aliphatic carbocycles. The standard InChI is InChI=1S/C45H66N8O8/c1-45(2,3)61-44(60)53(27-28-54,26-12-5-4-10-25-50-43(47)48)39(15-9-11-24-49-31-34-13-7-6-8-14-34)42(59)52-41(58)38(30-33-18-22-36(56)23-19-33)51-40(57)37(46)29-32-16-20-35(55)21-17-32/h6-8,13-14,16-23,37-39,49,54H,4-5,9-12,15,24-31,46H2,1-3H3,(H7-,47,48,50,51,52,55,56,57,58,59)/p+1/t37-,38-,39-,53?/m0/s1. The summed E-state index contributed by atoms with van der Waals surface area (Å²) in [7, 11) is 0. The Morgan fingerprint density at radius 1 is 0.738 bits per heavy atom. The Morgan fingerprint density at radius 3 is 1.93 bits per heavy atom. The quantitative estimate of drug-likeness (QED) is 0.0258. The Hall–Kier alpha value is -5.55. The SMILES string of the molecule is CC(C)(C)OC(=O)[N+](CCO)(CCCCCCN=C(N)N)[C@@H](CCCCNCc1ccccc1)C(=O)NC(=O)[C@H](Cc1ccc(O)cc1)NC(=O)[C@@H](N)Cc1ccc(O)cc1. The van der Waals surface area contributed by atoms with Gasteiger partial charge in [-0.1, -0.05) is 61.0 Å². The molecule has 0 aliphatic rings. The molecule has 16 nitrogen and oxygen atoms in total. The highest BCUT2D eigenvalue weighted by molar-refractivity contribution is 6.01. The van der Waals surface area contributed by atoms with Crippen LogP contribution in [-0.4, -0.2) is 106 Å². The van der Waals surface area contributed by atoms with Crippen molar-refractivity contribution in [2.45, 2.75) is 109 Å². The molecule has 1 unspecified atom stereocenters. The number of hydrogen-bond donors (Lipinski definition) is 9. The van der Waals surface area contributed by atoms with Crippen LogP contribution in [0.2, 0.25) is 0 Å². The summed E-state index contributed by atoms with van der Waals surface area (Å²) in [5, 5.41) is 38.7. The maximum absolute atomic E-state index is 14.7. The van der Waals surface area contributed by atoms with E-state index in [-0.39, 0.29) is 49.8 Å². The van der Waals surface area contributed by atoms with Crippen LogP contribution in [0.5, 0.6) is 11.5 Å². The van der Waals surface area contributed by atoms with Crippen molar-refractivity contribution in [3.63, 3.8) is 0 Å². The zero-order valence-corrected chi connectivity index (χ0v) is 35.9. The average Bonchev–Trinajstić information content (AvgIpc) is 3.20. The number of nitrogens with one attached hydrogen (secondary N) is 3. The van der Waals surface area contributed by atoms with Gasteiger partial charge in [0.05, 0.1) is 19.2 Å². The number of quaternary nitrogens is 1. The molecule has 0 fully saturated rings. The van der Waals surface area contributed by atoms with Crippen LogP contribution < -0.4 is 33.2 Å². The van der Waals surface area contributed by atoms with Crippen molar-refractivity contribution in [3.05, 3.63) is 95.6 Å². The molecule has 4 amide bonds. The topological polar surface area (TPSA) is 265 Å². The molecule has 3 aromatic rings. The lowest BCUT2D eigenvalue weighted by Gasteiger charge is -2.41. The Morgan fingerprint density at radius 2 is 1.34 bits per heavy atom. The third-order valence-electron chi connectivity index (χ3n) is 10.2. The van der Waals surface area contributed by atoms with Crippen LogP contribution in [0.1, 0.15) is 82.4 Å². The molecule has 0 saturated heterocycles. The highest BCUT2D eigenvalue weighted by Gasteiger charge is 2.50. The second-order valence-electron chi connectivity index (χ2n) is 16.3. The van der Waals surface area contributed by atoms with Gasteiger partial charge < -0.3 is 47.9 Å². The second kappa shape index (κ2) is 25.3. The minimum absolute atomic E-state index is 0.00372. The minimum Gasteiger partial charge on any atom is -0.508 e. The van der Waals surface area contributed by atoms with Gasteiger partial charge in [-0.2, -0.15) is 4.79 Å². The number of carbonyl (C=O) groups is 4. The molecule has 3 rings (SSSR count). The Bertz CT molecular complexity index is 1830. The molecular formula is C45H67N8O8+. The van der Waals surface area contributed by atoms with Crippen molar-refractivity contribution in [3.8, 4) is 11.5 Å². The van der Waals surface area contributed by atoms with E-state index in [0.29, 0.717) is 62.9 Å². The molecule has 0 aromatic heterocycles. The van der Waals surface area contributed by atoms with Crippen LogP contribution in [0.25, 0.3) is 0 Å². The molecule has 0 radical (unpaired) electrons. The van der Waals surface area contributed by atoms with Crippen molar-refractivity contribution in [1.29, 1.82) is 0 Å². The fourth-order valence-corrected chi connectivity index (χ4v) is 6.98. The van der Waals surface area contributed by atoms with E-state index in [0.717, 1.165) is 12.0 Å².